The molecule has 1 rings (SSSR count). The molecule has 1 atom stereocenters. The van der Waals surface area contributed by atoms with Crippen molar-refractivity contribution in [1.29, 1.82) is 0 Å². The lowest BCUT2D eigenvalue weighted by atomic mass is 9.91. The van der Waals surface area contributed by atoms with Gasteiger partial charge in [-0.2, -0.15) is 0 Å². The first-order chi connectivity index (χ1) is 8.23. The first-order valence-corrected chi connectivity index (χ1v) is 6.67. The minimum Gasteiger partial charge on any atom is -0.378 e. The van der Waals surface area contributed by atoms with Crippen molar-refractivity contribution in [3.63, 3.8) is 0 Å². The van der Waals surface area contributed by atoms with E-state index in [1.165, 1.54) is 0 Å². The van der Waals surface area contributed by atoms with Crippen LogP contribution < -0.4 is 0 Å². The average Bonchev–Trinajstić information content (AvgIpc) is 2.83. The molecule has 4 heteroatoms. The smallest absolute Gasteiger partial charge is 0.163 e. The number of carbonyl (C=O) groups excluding carboxylic acids is 1. The van der Waals surface area contributed by atoms with Crippen molar-refractivity contribution in [2.24, 2.45) is 5.41 Å². The van der Waals surface area contributed by atoms with Crippen LogP contribution >= 0.6 is 0 Å². The molecular formula is C14H27NO3. The summed E-state index contributed by atoms with van der Waals surface area (Å²) in [4.78, 5) is 13.9. The Morgan fingerprint density at radius 1 is 1.17 bits per heavy atom. The summed E-state index contributed by atoms with van der Waals surface area (Å²) in [6.45, 7) is 14.3. The highest BCUT2D eigenvalue weighted by Gasteiger charge is 2.41. The van der Waals surface area contributed by atoms with E-state index < -0.39 is 0 Å². The zero-order chi connectivity index (χ0) is 13.8. The molecule has 1 aliphatic rings. The van der Waals surface area contributed by atoms with Gasteiger partial charge in [-0.05, 0) is 13.8 Å². The average molecular weight is 257 g/mol. The van der Waals surface area contributed by atoms with E-state index in [0.29, 0.717) is 18.8 Å². The summed E-state index contributed by atoms with van der Waals surface area (Å²) < 4.78 is 10.8. The van der Waals surface area contributed by atoms with Crippen molar-refractivity contribution in [2.75, 3.05) is 39.5 Å². The van der Waals surface area contributed by atoms with Crippen LogP contribution in [0.2, 0.25) is 0 Å². The van der Waals surface area contributed by atoms with E-state index in [4.69, 9.17) is 9.47 Å². The van der Waals surface area contributed by atoms with Crippen molar-refractivity contribution in [2.45, 2.75) is 40.2 Å². The Balaban J connectivity index is 1.89. The Morgan fingerprint density at radius 2 is 1.72 bits per heavy atom. The molecule has 106 valence electrons. The van der Waals surface area contributed by atoms with Crippen molar-refractivity contribution in [3.05, 3.63) is 0 Å². The van der Waals surface area contributed by atoms with E-state index in [0.717, 1.165) is 19.7 Å². The molecule has 0 aromatic carbocycles. The Kier molecular flexibility index (Phi) is 5.32. The second-order valence-corrected chi connectivity index (χ2v) is 6.57. The van der Waals surface area contributed by atoms with Crippen LogP contribution in [0.15, 0.2) is 0 Å². The van der Waals surface area contributed by atoms with Crippen molar-refractivity contribution in [3.8, 4) is 0 Å². The van der Waals surface area contributed by atoms with Crippen LogP contribution in [-0.4, -0.2) is 55.7 Å². The Labute approximate surface area is 111 Å². The van der Waals surface area contributed by atoms with Crippen molar-refractivity contribution < 1.29 is 14.3 Å². The van der Waals surface area contributed by atoms with Gasteiger partial charge in [0.25, 0.3) is 0 Å². The fraction of sp³-hybridized carbons (Fsp3) is 0.929. The maximum absolute atomic E-state index is 11.6. The fourth-order valence-corrected chi connectivity index (χ4v) is 1.59. The Morgan fingerprint density at radius 3 is 2.22 bits per heavy atom. The standard InChI is InChI=1S/C14H27NO3/c1-13(2,3)12(16)10-18-9-8-17-7-6-15-11-14(15,4)5/h6-11H2,1-5H3. The molecule has 1 heterocycles. The fourth-order valence-electron chi connectivity index (χ4n) is 1.59. The van der Waals surface area contributed by atoms with Crippen LogP contribution in [0.25, 0.3) is 0 Å². The van der Waals surface area contributed by atoms with Gasteiger partial charge in [-0.1, -0.05) is 20.8 Å². The number of Topliss-reactive ketones (excluding diaryl/α,β-unsaturated/α-hetero) is 1. The third kappa shape index (κ3) is 5.46. The molecular weight excluding hydrogens is 230 g/mol. The van der Waals surface area contributed by atoms with E-state index >= 15 is 0 Å². The van der Waals surface area contributed by atoms with Gasteiger partial charge in [-0.25, -0.2) is 0 Å². The molecule has 0 saturated carbocycles. The minimum absolute atomic E-state index is 0.133. The lowest BCUT2D eigenvalue weighted by Gasteiger charge is -2.16. The van der Waals surface area contributed by atoms with Gasteiger partial charge in [0.15, 0.2) is 5.78 Å². The largest absolute Gasteiger partial charge is 0.378 e. The van der Waals surface area contributed by atoms with Crippen LogP contribution in [-0.2, 0) is 14.3 Å². The maximum atomic E-state index is 11.6. The summed E-state index contributed by atoms with van der Waals surface area (Å²) in [5.41, 5.74) is 0.0602. The number of hydrogen-bond donors (Lipinski definition) is 0. The zero-order valence-electron chi connectivity index (χ0n) is 12.4. The van der Waals surface area contributed by atoms with Crippen molar-refractivity contribution in [1.82, 2.24) is 4.90 Å². The first kappa shape index (κ1) is 15.6. The predicted molar refractivity (Wildman–Crippen MR) is 71.8 cm³/mol. The highest BCUT2D eigenvalue weighted by molar-refractivity contribution is 5.84. The molecule has 1 fully saturated rings. The molecule has 0 aromatic heterocycles. The highest BCUT2D eigenvalue weighted by Crippen LogP contribution is 2.29. The second kappa shape index (κ2) is 6.13. The van der Waals surface area contributed by atoms with Crippen LogP contribution in [0.4, 0.5) is 0 Å². The number of nitrogens with zero attached hydrogens (tertiary/aromatic N) is 1. The topological polar surface area (TPSA) is 38.5 Å². The molecule has 1 unspecified atom stereocenters. The third-order valence-electron chi connectivity index (χ3n) is 3.28. The number of carbonyl (C=O) groups is 1. The van der Waals surface area contributed by atoms with Crippen LogP contribution in [0.3, 0.4) is 0 Å². The lowest BCUT2D eigenvalue weighted by Crippen LogP contribution is -2.25. The molecule has 18 heavy (non-hydrogen) atoms. The Hall–Kier alpha value is -0.450. The van der Waals surface area contributed by atoms with Crippen LogP contribution in [0.1, 0.15) is 34.6 Å². The summed E-state index contributed by atoms with van der Waals surface area (Å²) in [6, 6.07) is 0. The van der Waals surface area contributed by atoms with E-state index in [-0.39, 0.29) is 17.8 Å². The molecule has 0 aliphatic carbocycles. The van der Waals surface area contributed by atoms with Gasteiger partial charge in [-0.15, -0.1) is 0 Å². The third-order valence-corrected chi connectivity index (χ3v) is 3.28. The number of rotatable bonds is 8. The van der Waals surface area contributed by atoms with E-state index in [1.54, 1.807) is 0 Å². The monoisotopic (exact) mass is 257 g/mol. The molecule has 0 aromatic rings. The second-order valence-electron chi connectivity index (χ2n) is 6.57. The van der Waals surface area contributed by atoms with Gasteiger partial charge in [0.2, 0.25) is 0 Å². The summed E-state index contributed by atoms with van der Waals surface area (Å²) in [7, 11) is 0. The van der Waals surface area contributed by atoms with Gasteiger partial charge < -0.3 is 9.47 Å². The van der Waals surface area contributed by atoms with Gasteiger partial charge >= 0.3 is 0 Å². The number of ether oxygens (including phenoxy) is 2. The normalized spacial score (nSPS) is 21.9. The van der Waals surface area contributed by atoms with Gasteiger partial charge in [0, 0.05) is 24.0 Å². The summed E-state index contributed by atoms with van der Waals surface area (Å²) in [5.74, 6) is 0.133. The van der Waals surface area contributed by atoms with Gasteiger partial charge in [0.05, 0.1) is 19.8 Å². The van der Waals surface area contributed by atoms with Crippen molar-refractivity contribution >= 4 is 5.78 Å². The molecule has 1 saturated heterocycles. The quantitative estimate of drug-likeness (QED) is 0.490. The van der Waals surface area contributed by atoms with E-state index in [9.17, 15) is 4.79 Å². The zero-order valence-corrected chi connectivity index (χ0v) is 12.4. The van der Waals surface area contributed by atoms with Crippen LogP contribution in [0, 0.1) is 5.41 Å². The first-order valence-electron chi connectivity index (χ1n) is 6.67. The maximum Gasteiger partial charge on any atom is 0.163 e. The minimum atomic E-state index is -0.314. The SMILES string of the molecule is CC(C)(C)C(=O)COCCOCCN1CC1(C)C. The molecule has 4 nitrogen and oxygen atoms in total. The van der Waals surface area contributed by atoms with E-state index in [1.807, 2.05) is 20.8 Å². The molecule has 0 N–H and O–H groups in total. The van der Waals surface area contributed by atoms with Gasteiger partial charge in [0.1, 0.15) is 6.61 Å². The Bertz CT molecular complexity index is 281. The lowest BCUT2D eigenvalue weighted by molar-refractivity contribution is -0.131. The predicted octanol–water partition coefficient (Wildman–Crippen LogP) is 1.73. The van der Waals surface area contributed by atoms with Gasteiger partial charge in [-0.3, -0.25) is 9.69 Å². The summed E-state index contributed by atoms with van der Waals surface area (Å²) in [5, 5.41) is 0. The molecule has 0 radical (unpaired) electrons. The molecule has 0 spiro atoms. The van der Waals surface area contributed by atoms with E-state index in [2.05, 4.69) is 18.7 Å². The molecule has 0 amide bonds. The number of hydrogen-bond acceptors (Lipinski definition) is 4. The highest BCUT2D eigenvalue weighted by atomic mass is 16.5. The molecule has 1 aliphatic heterocycles. The number of ketones is 1. The summed E-state index contributed by atoms with van der Waals surface area (Å²) in [6.07, 6.45) is 0. The summed E-state index contributed by atoms with van der Waals surface area (Å²) >= 11 is 0. The molecule has 0 bridgehead atoms. The van der Waals surface area contributed by atoms with Crippen LogP contribution in [0.5, 0.6) is 0 Å².